The summed E-state index contributed by atoms with van der Waals surface area (Å²) < 4.78 is 45.5. The summed E-state index contributed by atoms with van der Waals surface area (Å²) in [6.45, 7) is 0. The van der Waals surface area contributed by atoms with E-state index in [2.05, 4.69) is 4.72 Å². The second-order valence-corrected chi connectivity index (χ2v) is 8.66. The van der Waals surface area contributed by atoms with Crippen molar-refractivity contribution in [2.75, 3.05) is 18.9 Å². The van der Waals surface area contributed by atoms with E-state index in [9.17, 15) is 18.3 Å². The summed E-state index contributed by atoms with van der Waals surface area (Å²) in [6.07, 6.45) is 1.95. The number of aliphatic carboxylic acids is 1. The molecule has 0 fully saturated rings. The van der Waals surface area contributed by atoms with E-state index >= 15 is 0 Å². The maximum Gasteiger partial charge on any atom is 0.265 e. The molecule has 33 heavy (non-hydrogen) atoms. The first-order valence-electron chi connectivity index (χ1n) is 9.44. The number of halogens is 1. The highest BCUT2D eigenvalue weighted by molar-refractivity contribution is 7.92. The minimum atomic E-state index is -4.27. The normalized spacial score (nSPS) is 11.2. The van der Waals surface area contributed by atoms with Crippen LogP contribution in [0.4, 0.5) is 5.69 Å². The van der Waals surface area contributed by atoms with Crippen LogP contribution in [0.5, 0.6) is 23.0 Å². The van der Waals surface area contributed by atoms with Gasteiger partial charge in [-0.2, -0.15) is 0 Å². The predicted octanol–water partition coefficient (Wildman–Crippen LogP) is 3.71. The molecule has 0 saturated heterocycles. The van der Waals surface area contributed by atoms with E-state index in [-0.39, 0.29) is 38.4 Å². The summed E-state index contributed by atoms with van der Waals surface area (Å²) in [5.41, 5.74) is 0.326. The van der Waals surface area contributed by atoms with Gasteiger partial charge in [-0.05, 0) is 54.1 Å². The summed E-state index contributed by atoms with van der Waals surface area (Å²) in [6, 6.07) is 16.0. The van der Waals surface area contributed by atoms with E-state index < -0.39 is 16.0 Å². The lowest BCUT2D eigenvalue weighted by molar-refractivity contribution is -0.297. The van der Waals surface area contributed by atoms with Crippen LogP contribution in [0.1, 0.15) is 5.56 Å². The first-order chi connectivity index (χ1) is 15.7. The lowest BCUT2D eigenvalue weighted by atomic mass is 10.2. The van der Waals surface area contributed by atoms with Gasteiger partial charge in [0.15, 0.2) is 17.2 Å². The molecule has 3 rings (SSSR count). The van der Waals surface area contributed by atoms with Crippen LogP contribution in [0, 0.1) is 0 Å². The molecule has 1 N–H and O–H groups in total. The van der Waals surface area contributed by atoms with E-state index in [0.29, 0.717) is 5.75 Å². The van der Waals surface area contributed by atoms with Crippen LogP contribution in [0.15, 0.2) is 71.6 Å². The van der Waals surface area contributed by atoms with Crippen molar-refractivity contribution in [1.29, 1.82) is 0 Å². The summed E-state index contributed by atoms with van der Waals surface area (Å²) in [5, 5.41) is 11.1. The second-order valence-electron chi connectivity index (χ2n) is 6.57. The molecule has 10 heteroatoms. The minimum Gasteiger partial charge on any atom is -0.545 e. The van der Waals surface area contributed by atoms with E-state index in [1.54, 1.807) is 30.3 Å². The van der Waals surface area contributed by atoms with Crippen LogP contribution in [-0.4, -0.2) is 28.6 Å². The third kappa shape index (κ3) is 5.97. The highest BCUT2D eigenvalue weighted by Gasteiger charge is 2.25. The maximum atomic E-state index is 13.4. The van der Waals surface area contributed by atoms with Gasteiger partial charge in [-0.25, -0.2) is 8.42 Å². The van der Waals surface area contributed by atoms with Gasteiger partial charge in [0.25, 0.3) is 10.0 Å². The van der Waals surface area contributed by atoms with Gasteiger partial charge in [0.1, 0.15) is 10.6 Å². The van der Waals surface area contributed by atoms with Gasteiger partial charge in [0.2, 0.25) is 0 Å². The first-order valence-corrected chi connectivity index (χ1v) is 11.3. The van der Waals surface area contributed by atoms with Crippen molar-refractivity contribution in [3.63, 3.8) is 0 Å². The summed E-state index contributed by atoms with van der Waals surface area (Å²) in [7, 11) is -1.65. The standard InChI is InChI=1S/C23H20ClNO7S/c1-30-20-12-15(8-11-22(26)27)13-21(23(20)31-2)33(28,29)25-18-14-16(24)9-10-19(18)32-17-6-4-3-5-7-17/h3-14,25H,1-2H3,(H,26,27)/p-1/b11-8+. The van der Waals surface area contributed by atoms with E-state index in [1.165, 1.54) is 44.6 Å². The molecule has 0 aliphatic carbocycles. The third-order valence-electron chi connectivity index (χ3n) is 4.33. The highest BCUT2D eigenvalue weighted by atomic mass is 35.5. The fourth-order valence-corrected chi connectivity index (χ4v) is 4.35. The molecule has 172 valence electrons. The smallest absolute Gasteiger partial charge is 0.265 e. The fraction of sp³-hybridized carbons (Fsp3) is 0.0870. The molecular formula is C23H19ClNO7S-. The van der Waals surface area contributed by atoms with Gasteiger partial charge >= 0.3 is 0 Å². The second kappa shape index (κ2) is 10.3. The van der Waals surface area contributed by atoms with E-state index in [4.69, 9.17) is 25.8 Å². The lowest BCUT2D eigenvalue weighted by Gasteiger charge is -2.17. The Balaban J connectivity index is 2.07. The zero-order chi connectivity index (χ0) is 24.0. The predicted molar refractivity (Wildman–Crippen MR) is 122 cm³/mol. The number of carbonyl (C=O) groups excluding carboxylic acids is 1. The van der Waals surface area contributed by atoms with Crippen molar-refractivity contribution in [3.05, 3.63) is 77.3 Å². The highest BCUT2D eigenvalue weighted by Crippen LogP contribution is 2.39. The Bertz CT molecular complexity index is 1290. The molecule has 0 atom stereocenters. The summed E-state index contributed by atoms with van der Waals surface area (Å²) >= 11 is 6.09. The van der Waals surface area contributed by atoms with Crippen LogP contribution in [-0.2, 0) is 14.8 Å². The van der Waals surface area contributed by atoms with Crippen molar-refractivity contribution in [1.82, 2.24) is 0 Å². The maximum absolute atomic E-state index is 13.4. The number of para-hydroxylation sites is 1. The van der Waals surface area contributed by atoms with Crippen molar-refractivity contribution < 1.29 is 32.5 Å². The number of carboxylic acids is 1. The molecule has 0 radical (unpaired) electrons. The number of hydrogen-bond donors (Lipinski definition) is 1. The number of sulfonamides is 1. The number of hydrogen-bond acceptors (Lipinski definition) is 7. The van der Waals surface area contributed by atoms with Gasteiger partial charge in [0.05, 0.1) is 25.9 Å². The Morgan fingerprint density at radius 2 is 1.73 bits per heavy atom. The quantitative estimate of drug-likeness (QED) is 0.456. The zero-order valence-electron chi connectivity index (χ0n) is 17.6. The Labute approximate surface area is 196 Å². The molecule has 0 amide bonds. The molecule has 3 aromatic carbocycles. The molecule has 0 aromatic heterocycles. The molecular weight excluding hydrogens is 470 g/mol. The molecule has 0 aliphatic heterocycles. The first kappa shape index (κ1) is 24.0. The van der Waals surface area contributed by atoms with Crippen LogP contribution in [0.3, 0.4) is 0 Å². The van der Waals surface area contributed by atoms with Gasteiger partial charge in [-0.1, -0.05) is 35.9 Å². The Morgan fingerprint density at radius 1 is 1.00 bits per heavy atom. The average molecular weight is 489 g/mol. The van der Waals surface area contributed by atoms with Gasteiger partial charge < -0.3 is 24.1 Å². The number of benzene rings is 3. The molecule has 0 heterocycles. The van der Waals surface area contributed by atoms with E-state index in [1.807, 2.05) is 6.07 Å². The number of ether oxygens (including phenoxy) is 3. The molecule has 0 saturated carbocycles. The molecule has 8 nitrogen and oxygen atoms in total. The topological polar surface area (TPSA) is 114 Å². The van der Waals surface area contributed by atoms with Crippen LogP contribution < -0.4 is 24.0 Å². The fourth-order valence-electron chi connectivity index (χ4n) is 2.90. The Kier molecular flexibility index (Phi) is 7.47. The number of carbonyl (C=O) groups is 1. The molecule has 0 spiro atoms. The average Bonchev–Trinajstić information content (AvgIpc) is 2.79. The number of carboxylic acid groups (broad SMARTS) is 1. The number of rotatable bonds is 9. The van der Waals surface area contributed by atoms with Crippen molar-refractivity contribution >= 4 is 39.4 Å². The molecule has 3 aromatic rings. The van der Waals surface area contributed by atoms with Gasteiger partial charge in [-0.3, -0.25) is 4.72 Å². The van der Waals surface area contributed by atoms with Crippen molar-refractivity contribution in [2.24, 2.45) is 0 Å². The van der Waals surface area contributed by atoms with Crippen LogP contribution in [0.25, 0.3) is 6.08 Å². The Morgan fingerprint density at radius 3 is 2.36 bits per heavy atom. The van der Waals surface area contributed by atoms with Crippen molar-refractivity contribution in [3.8, 4) is 23.0 Å². The Hall–Kier alpha value is -3.69. The summed E-state index contributed by atoms with van der Waals surface area (Å²) in [4.78, 5) is 10.5. The van der Waals surface area contributed by atoms with Gasteiger partial charge in [-0.15, -0.1) is 0 Å². The minimum absolute atomic E-state index is 0.0665. The SMILES string of the molecule is COc1cc(/C=C/C(=O)[O-])cc(S(=O)(=O)Nc2cc(Cl)ccc2Oc2ccccc2)c1OC. The lowest BCUT2D eigenvalue weighted by Crippen LogP contribution is -2.18. The molecule has 0 unspecified atom stereocenters. The molecule has 0 bridgehead atoms. The number of methoxy groups -OCH3 is 2. The largest absolute Gasteiger partial charge is 0.545 e. The third-order valence-corrected chi connectivity index (χ3v) is 5.93. The monoisotopic (exact) mass is 488 g/mol. The van der Waals surface area contributed by atoms with Gasteiger partial charge in [0, 0.05) is 5.02 Å². The van der Waals surface area contributed by atoms with Crippen LogP contribution in [0.2, 0.25) is 5.02 Å². The number of anilines is 1. The summed E-state index contributed by atoms with van der Waals surface area (Å²) in [5.74, 6) is -0.704. The zero-order valence-corrected chi connectivity index (χ0v) is 19.1. The van der Waals surface area contributed by atoms with E-state index in [0.717, 1.165) is 6.08 Å². The number of nitrogens with one attached hydrogen (secondary N) is 1. The van der Waals surface area contributed by atoms with Crippen molar-refractivity contribution in [2.45, 2.75) is 4.90 Å². The van der Waals surface area contributed by atoms with Crippen LogP contribution >= 0.6 is 11.6 Å². The molecule has 0 aliphatic rings.